The zero-order chi connectivity index (χ0) is 14.8. The van der Waals surface area contributed by atoms with Crippen LogP contribution in [0, 0.1) is 0 Å². The van der Waals surface area contributed by atoms with Crippen molar-refractivity contribution < 1.29 is 4.74 Å². The molecule has 0 N–H and O–H groups in total. The van der Waals surface area contributed by atoms with Gasteiger partial charge >= 0.3 is 0 Å². The van der Waals surface area contributed by atoms with Crippen LogP contribution in [0.1, 0.15) is 30.0 Å². The lowest BCUT2D eigenvalue weighted by Gasteiger charge is -2.40. The van der Waals surface area contributed by atoms with Crippen LogP contribution in [-0.4, -0.2) is 45.5 Å². The summed E-state index contributed by atoms with van der Waals surface area (Å²) in [6.45, 7) is 3.58. The number of rotatable bonds is 3. The molecule has 0 amide bonds. The van der Waals surface area contributed by atoms with Gasteiger partial charge in [0.15, 0.2) is 0 Å². The highest BCUT2D eigenvalue weighted by molar-refractivity contribution is 5.32. The molecule has 116 valence electrons. The minimum Gasteiger partial charge on any atom is -0.374 e. The molecule has 1 fully saturated rings. The summed E-state index contributed by atoms with van der Waals surface area (Å²) in [4.78, 5) is 6.61. The van der Waals surface area contributed by atoms with Gasteiger partial charge in [0.1, 0.15) is 12.7 Å². The summed E-state index contributed by atoms with van der Waals surface area (Å²) in [5.74, 6) is 0. The third kappa shape index (κ3) is 2.78. The van der Waals surface area contributed by atoms with Gasteiger partial charge in [-0.25, -0.2) is 4.98 Å². The number of morpholine rings is 1. The van der Waals surface area contributed by atoms with Crippen molar-refractivity contribution in [3.05, 3.63) is 48.0 Å². The number of benzene rings is 1. The van der Waals surface area contributed by atoms with Gasteiger partial charge in [-0.05, 0) is 30.4 Å². The molecule has 0 bridgehead atoms. The van der Waals surface area contributed by atoms with Crippen molar-refractivity contribution in [2.75, 3.05) is 19.7 Å². The maximum Gasteiger partial charge on any atom is 0.137 e. The molecule has 1 saturated heterocycles. The number of nitrogens with zero attached hydrogens (tertiary/aromatic N) is 4. The molecule has 2 heterocycles. The fourth-order valence-corrected chi connectivity index (χ4v) is 3.78. The SMILES string of the molecule is c1ccc2c(c1)CCCC2N1CCOC(Cn2cncn2)C1. The summed E-state index contributed by atoms with van der Waals surface area (Å²) >= 11 is 0. The normalized spacial score (nSPS) is 25.8. The van der Waals surface area contributed by atoms with Crippen LogP contribution in [0.15, 0.2) is 36.9 Å². The van der Waals surface area contributed by atoms with Gasteiger partial charge in [-0.3, -0.25) is 9.58 Å². The summed E-state index contributed by atoms with van der Waals surface area (Å²) in [6.07, 6.45) is 7.31. The molecule has 2 atom stereocenters. The van der Waals surface area contributed by atoms with E-state index < -0.39 is 0 Å². The molecule has 1 aromatic carbocycles. The highest BCUT2D eigenvalue weighted by atomic mass is 16.5. The van der Waals surface area contributed by atoms with E-state index in [2.05, 4.69) is 39.2 Å². The van der Waals surface area contributed by atoms with E-state index in [0.29, 0.717) is 6.04 Å². The van der Waals surface area contributed by atoms with Crippen molar-refractivity contribution in [3.63, 3.8) is 0 Å². The summed E-state index contributed by atoms with van der Waals surface area (Å²) in [5.41, 5.74) is 3.05. The van der Waals surface area contributed by atoms with E-state index in [1.165, 1.54) is 30.4 Å². The van der Waals surface area contributed by atoms with Crippen LogP contribution < -0.4 is 0 Å². The van der Waals surface area contributed by atoms with Gasteiger partial charge in [-0.15, -0.1) is 0 Å². The summed E-state index contributed by atoms with van der Waals surface area (Å²) in [6, 6.07) is 9.47. The lowest BCUT2D eigenvalue weighted by molar-refractivity contribution is -0.0541. The second kappa shape index (κ2) is 6.18. The van der Waals surface area contributed by atoms with Crippen molar-refractivity contribution in [2.24, 2.45) is 0 Å². The Hall–Kier alpha value is -1.72. The fourth-order valence-electron chi connectivity index (χ4n) is 3.78. The first-order chi connectivity index (χ1) is 10.9. The van der Waals surface area contributed by atoms with Gasteiger partial charge in [-0.2, -0.15) is 5.10 Å². The van der Waals surface area contributed by atoms with Crippen LogP contribution >= 0.6 is 0 Å². The van der Waals surface area contributed by atoms with E-state index in [1.807, 2.05) is 4.68 Å². The van der Waals surface area contributed by atoms with E-state index >= 15 is 0 Å². The lowest BCUT2D eigenvalue weighted by Crippen LogP contribution is -2.46. The number of ether oxygens (including phenoxy) is 1. The van der Waals surface area contributed by atoms with E-state index in [1.54, 1.807) is 12.7 Å². The van der Waals surface area contributed by atoms with Crippen LogP contribution in [0.4, 0.5) is 0 Å². The first-order valence-corrected chi connectivity index (χ1v) is 8.16. The highest BCUT2D eigenvalue weighted by Gasteiger charge is 2.30. The largest absolute Gasteiger partial charge is 0.374 e. The zero-order valence-electron chi connectivity index (χ0n) is 12.8. The first kappa shape index (κ1) is 13.9. The molecular formula is C17H22N4O. The number of hydrogen-bond acceptors (Lipinski definition) is 4. The van der Waals surface area contributed by atoms with E-state index in [-0.39, 0.29) is 6.10 Å². The van der Waals surface area contributed by atoms with Gasteiger partial charge in [0.25, 0.3) is 0 Å². The van der Waals surface area contributed by atoms with Crippen LogP contribution in [0.2, 0.25) is 0 Å². The van der Waals surface area contributed by atoms with E-state index in [9.17, 15) is 0 Å². The second-order valence-electron chi connectivity index (χ2n) is 6.21. The summed E-state index contributed by atoms with van der Waals surface area (Å²) in [5, 5.41) is 4.19. The summed E-state index contributed by atoms with van der Waals surface area (Å²) < 4.78 is 7.79. The second-order valence-corrected chi connectivity index (χ2v) is 6.21. The van der Waals surface area contributed by atoms with Crippen molar-refractivity contribution in [3.8, 4) is 0 Å². The monoisotopic (exact) mass is 298 g/mol. The molecule has 0 saturated carbocycles. The third-order valence-corrected chi connectivity index (χ3v) is 4.81. The van der Waals surface area contributed by atoms with Gasteiger partial charge in [0, 0.05) is 19.1 Å². The van der Waals surface area contributed by atoms with Gasteiger partial charge in [0.05, 0.1) is 19.3 Å². The fraction of sp³-hybridized carbons (Fsp3) is 0.529. The van der Waals surface area contributed by atoms with Crippen molar-refractivity contribution in [2.45, 2.75) is 38.0 Å². The van der Waals surface area contributed by atoms with Gasteiger partial charge < -0.3 is 4.74 Å². The maximum absolute atomic E-state index is 5.93. The molecule has 5 nitrogen and oxygen atoms in total. The lowest BCUT2D eigenvalue weighted by atomic mass is 9.86. The molecule has 0 spiro atoms. The first-order valence-electron chi connectivity index (χ1n) is 8.16. The molecule has 5 heteroatoms. The Kier molecular flexibility index (Phi) is 3.91. The molecular weight excluding hydrogens is 276 g/mol. The number of aromatic nitrogens is 3. The molecule has 0 radical (unpaired) electrons. The average Bonchev–Trinajstić information content (AvgIpc) is 3.07. The molecule has 1 aliphatic heterocycles. The van der Waals surface area contributed by atoms with Crippen LogP contribution in [-0.2, 0) is 17.7 Å². The standard InChI is InChI=1S/C17H22N4O/c1-2-6-16-14(4-1)5-3-7-17(16)20-8-9-22-15(10-20)11-21-13-18-12-19-21/h1-2,4,6,12-13,15,17H,3,5,7-11H2. The van der Waals surface area contributed by atoms with Crippen LogP contribution in [0.3, 0.4) is 0 Å². The Morgan fingerprint density at radius 1 is 1.27 bits per heavy atom. The Bertz CT molecular complexity index is 613. The minimum absolute atomic E-state index is 0.199. The average molecular weight is 298 g/mol. The molecule has 2 unspecified atom stereocenters. The molecule has 4 rings (SSSR count). The number of fused-ring (bicyclic) bond motifs is 1. The zero-order valence-corrected chi connectivity index (χ0v) is 12.8. The maximum atomic E-state index is 5.93. The molecule has 1 aromatic heterocycles. The Labute approximate surface area is 130 Å². The van der Waals surface area contributed by atoms with Crippen molar-refractivity contribution >= 4 is 0 Å². The Morgan fingerprint density at radius 2 is 2.23 bits per heavy atom. The van der Waals surface area contributed by atoms with E-state index in [0.717, 1.165) is 26.2 Å². The molecule has 22 heavy (non-hydrogen) atoms. The van der Waals surface area contributed by atoms with Gasteiger partial charge in [-0.1, -0.05) is 24.3 Å². The van der Waals surface area contributed by atoms with Crippen LogP contribution in [0.25, 0.3) is 0 Å². The predicted octanol–water partition coefficient (Wildman–Crippen LogP) is 2.06. The van der Waals surface area contributed by atoms with Gasteiger partial charge in [0.2, 0.25) is 0 Å². The van der Waals surface area contributed by atoms with Crippen LogP contribution in [0.5, 0.6) is 0 Å². The Balaban J connectivity index is 1.48. The van der Waals surface area contributed by atoms with Crippen molar-refractivity contribution in [1.29, 1.82) is 0 Å². The summed E-state index contributed by atoms with van der Waals surface area (Å²) in [7, 11) is 0. The van der Waals surface area contributed by atoms with Crippen molar-refractivity contribution in [1.82, 2.24) is 19.7 Å². The highest BCUT2D eigenvalue weighted by Crippen LogP contribution is 2.35. The third-order valence-electron chi connectivity index (χ3n) is 4.81. The number of hydrogen-bond donors (Lipinski definition) is 0. The Morgan fingerprint density at radius 3 is 3.14 bits per heavy atom. The molecule has 2 aliphatic rings. The predicted molar refractivity (Wildman–Crippen MR) is 83.5 cm³/mol. The topological polar surface area (TPSA) is 43.2 Å². The van der Waals surface area contributed by atoms with E-state index in [4.69, 9.17) is 4.74 Å². The minimum atomic E-state index is 0.199. The smallest absolute Gasteiger partial charge is 0.137 e. The molecule has 2 aromatic rings. The molecule has 1 aliphatic carbocycles. The number of aryl methyl sites for hydroxylation is 1. The quantitative estimate of drug-likeness (QED) is 0.870.